The largest absolute Gasteiger partial charge is 0.369 e. The van der Waals surface area contributed by atoms with Crippen molar-refractivity contribution >= 4 is 0 Å². The highest BCUT2D eigenvalue weighted by molar-refractivity contribution is 4.95. The fourth-order valence-corrected chi connectivity index (χ4v) is 0.392. The number of nitriles is 1. The molecular formula is C5H7NO. The molecule has 38 valence electrons. The van der Waals surface area contributed by atoms with Gasteiger partial charge in [-0.2, -0.15) is 5.26 Å². The number of hydrogen-bond acceptors (Lipinski definition) is 2. The highest BCUT2D eigenvalue weighted by atomic mass is 16.6. The van der Waals surface area contributed by atoms with Crippen LogP contribution < -0.4 is 0 Å². The van der Waals surface area contributed by atoms with E-state index in [1.54, 1.807) is 0 Å². The van der Waals surface area contributed by atoms with Gasteiger partial charge in [0.15, 0.2) is 0 Å². The molecular weight excluding hydrogens is 90.1 g/mol. The van der Waals surface area contributed by atoms with Crippen molar-refractivity contribution in [3.8, 4) is 6.07 Å². The van der Waals surface area contributed by atoms with E-state index in [1.807, 2.05) is 13.0 Å². The smallest absolute Gasteiger partial charge is 0.102 e. The Hall–Kier alpha value is -0.550. The zero-order valence-electron chi connectivity index (χ0n) is 4.27. The van der Waals surface area contributed by atoms with Gasteiger partial charge < -0.3 is 4.74 Å². The van der Waals surface area contributed by atoms with Gasteiger partial charge in [0.05, 0.1) is 19.1 Å². The van der Waals surface area contributed by atoms with E-state index in [-0.39, 0.29) is 5.60 Å². The Kier molecular flexibility index (Phi) is 0.795. The van der Waals surface area contributed by atoms with Crippen molar-refractivity contribution in [2.75, 3.05) is 6.61 Å². The van der Waals surface area contributed by atoms with Crippen LogP contribution in [0.25, 0.3) is 0 Å². The third-order valence-corrected chi connectivity index (χ3v) is 1.09. The topological polar surface area (TPSA) is 36.3 Å². The molecule has 2 heteroatoms. The third-order valence-electron chi connectivity index (χ3n) is 1.09. The van der Waals surface area contributed by atoms with Gasteiger partial charge >= 0.3 is 0 Å². The average Bonchev–Trinajstić information content (AvgIpc) is 2.22. The fraction of sp³-hybridized carbons (Fsp3) is 0.800. The molecule has 0 aliphatic carbocycles. The summed E-state index contributed by atoms with van der Waals surface area (Å²) < 4.78 is 4.91. The van der Waals surface area contributed by atoms with Crippen LogP contribution in [0.3, 0.4) is 0 Å². The van der Waals surface area contributed by atoms with E-state index < -0.39 is 0 Å². The first-order chi connectivity index (χ1) is 3.27. The summed E-state index contributed by atoms with van der Waals surface area (Å²) in [7, 11) is 0. The summed E-state index contributed by atoms with van der Waals surface area (Å²) in [5, 5.41) is 8.11. The first-order valence-corrected chi connectivity index (χ1v) is 2.28. The number of ether oxygens (including phenoxy) is 1. The second kappa shape index (κ2) is 1.21. The van der Waals surface area contributed by atoms with Crippen LogP contribution >= 0.6 is 0 Å². The van der Waals surface area contributed by atoms with Gasteiger partial charge in [0.25, 0.3) is 0 Å². The molecule has 0 N–H and O–H groups in total. The highest BCUT2D eigenvalue weighted by Gasteiger charge is 2.38. The maximum Gasteiger partial charge on any atom is 0.102 e. The molecule has 1 aliphatic rings. The van der Waals surface area contributed by atoms with Crippen molar-refractivity contribution in [1.29, 1.82) is 5.26 Å². The van der Waals surface area contributed by atoms with E-state index in [0.717, 1.165) is 6.61 Å². The maximum atomic E-state index is 8.11. The average molecular weight is 97.1 g/mol. The molecule has 0 unspecified atom stereocenters. The second-order valence-electron chi connectivity index (χ2n) is 2.07. The van der Waals surface area contributed by atoms with Crippen molar-refractivity contribution in [3.05, 3.63) is 0 Å². The minimum absolute atomic E-state index is 0.0608. The molecule has 1 aliphatic heterocycles. The second-order valence-corrected chi connectivity index (χ2v) is 2.07. The summed E-state index contributed by atoms with van der Waals surface area (Å²) in [5.74, 6) is 0. The van der Waals surface area contributed by atoms with Gasteiger partial charge in [-0.1, -0.05) is 0 Å². The summed E-state index contributed by atoms with van der Waals surface area (Å²) >= 11 is 0. The SMILES string of the molecule is C[C@]1(CC#N)CO1. The molecule has 0 aromatic rings. The Balaban J connectivity index is 2.30. The first-order valence-electron chi connectivity index (χ1n) is 2.28. The zero-order valence-corrected chi connectivity index (χ0v) is 4.27. The lowest BCUT2D eigenvalue weighted by Crippen LogP contribution is -2.00. The van der Waals surface area contributed by atoms with Crippen LogP contribution in [0, 0.1) is 11.3 Å². The molecule has 0 spiro atoms. The molecule has 1 atom stereocenters. The van der Waals surface area contributed by atoms with Crippen LogP contribution in [0.5, 0.6) is 0 Å². The zero-order chi connectivity index (χ0) is 5.33. The molecule has 1 rings (SSSR count). The highest BCUT2D eigenvalue weighted by Crippen LogP contribution is 2.28. The monoisotopic (exact) mass is 97.1 g/mol. The normalized spacial score (nSPS) is 37.1. The number of rotatable bonds is 1. The van der Waals surface area contributed by atoms with Crippen LogP contribution in [-0.4, -0.2) is 12.2 Å². The van der Waals surface area contributed by atoms with Gasteiger partial charge in [-0.3, -0.25) is 0 Å². The standard InChI is InChI=1S/C5H7NO/c1-5(2-3-6)4-7-5/h2,4H2,1H3/t5-/m0/s1. The van der Waals surface area contributed by atoms with E-state index in [0.29, 0.717) is 6.42 Å². The Morgan fingerprint density at radius 1 is 2.00 bits per heavy atom. The molecule has 0 radical (unpaired) electrons. The van der Waals surface area contributed by atoms with Gasteiger partial charge in [0, 0.05) is 0 Å². The lowest BCUT2D eigenvalue weighted by molar-refractivity contribution is 0.328. The molecule has 7 heavy (non-hydrogen) atoms. The van der Waals surface area contributed by atoms with E-state index in [4.69, 9.17) is 10.00 Å². The predicted molar refractivity (Wildman–Crippen MR) is 24.6 cm³/mol. The molecule has 0 aromatic heterocycles. The Morgan fingerprint density at radius 3 is 2.71 bits per heavy atom. The lowest BCUT2D eigenvalue weighted by atomic mass is 10.1. The minimum Gasteiger partial charge on any atom is -0.369 e. The Labute approximate surface area is 42.7 Å². The molecule has 0 amide bonds. The molecule has 1 heterocycles. The van der Waals surface area contributed by atoms with Crippen molar-refractivity contribution < 1.29 is 4.74 Å². The summed E-state index contributed by atoms with van der Waals surface area (Å²) in [6.45, 7) is 2.71. The summed E-state index contributed by atoms with van der Waals surface area (Å²) in [6.07, 6.45) is 0.535. The van der Waals surface area contributed by atoms with Gasteiger partial charge in [-0.05, 0) is 6.92 Å². The number of hydrogen-bond donors (Lipinski definition) is 0. The molecule has 1 saturated heterocycles. The van der Waals surface area contributed by atoms with Crippen molar-refractivity contribution in [2.45, 2.75) is 18.9 Å². The van der Waals surface area contributed by atoms with E-state index in [1.165, 1.54) is 0 Å². The van der Waals surface area contributed by atoms with Gasteiger partial charge in [-0.25, -0.2) is 0 Å². The van der Waals surface area contributed by atoms with Gasteiger partial charge in [-0.15, -0.1) is 0 Å². The van der Waals surface area contributed by atoms with Crippen LogP contribution in [-0.2, 0) is 4.74 Å². The Morgan fingerprint density at radius 2 is 2.57 bits per heavy atom. The number of nitrogens with zero attached hydrogens (tertiary/aromatic N) is 1. The molecule has 1 fully saturated rings. The number of epoxide rings is 1. The summed E-state index contributed by atoms with van der Waals surface area (Å²) in [5.41, 5.74) is -0.0608. The summed E-state index contributed by atoms with van der Waals surface area (Å²) in [6, 6.07) is 2.05. The van der Waals surface area contributed by atoms with Crippen LogP contribution in [0.15, 0.2) is 0 Å². The van der Waals surface area contributed by atoms with Crippen LogP contribution in [0.4, 0.5) is 0 Å². The minimum atomic E-state index is -0.0608. The van der Waals surface area contributed by atoms with E-state index in [2.05, 4.69) is 0 Å². The summed E-state index contributed by atoms with van der Waals surface area (Å²) in [4.78, 5) is 0. The van der Waals surface area contributed by atoms with Crippen molar-refractivity contribution in [2.24, 2.45) is 0 Å². The third kappa shape index (κ3) is 0.908. The quantitative estimate of drug-likeness (QED) is 0.451. The predicted octanol–water partition coefficient (Wildman–Crippen LogP) is 0.689. The molecule has 0 aromatic carbocycles. The van der Waals surface area contributed by atoms with Crippen LogP contribution in [0.2, 0.25) is 0 Å². The lowest BCUT2D eigenvalue weighted by Gasteiger charge is -1.90. The Bertz CT molecular complexity index is 110. The van der Waals surface area contributed by atoms with Crippen molar-refractivity contribution in [3.63, 3.8) is 0 Å². The van der Waals surface area contributed by atoms with E-state index in [9.17, 15) is 0 Å². The van der Waals surface area contributed by atoms with Gasteiger partial charge in [0.1, 0.15) is 5.60 Å². The maximum absolute atomic E-state index is 8.11. The molecule has 2 nitrogen and oxygen atoms in total. The molecule has 0 saturated carbocycles. The molecule has 0 bridgehead atoms. The first kappa shape index (κ1) is 4.61. The van der Waals surface area contributed by atoms with E-state index >= 15 is 0 Å². The van der Waals surface area contributed by atoms with Gasteiger partial charge in [0.2, 0.25) is 0 Å². The van der Waals surface area contributed by atoms with Crippen LogP contribution in [0.1, 0.15) is 13.3 Å². The van der Waals surface area contributed by atoms with Crippen molar-refractivity contribution in [1.82, 2.24) is 0 Å². The fourth-order valence-electron chi connectivity index (χ4n) is 0.392.